The Labute approximate surface area is 193 Å². The van der Waals surface area contributed by atoms with Crippen LogP contribution in [0.25, 0.3) is 0 Å². The van der Waals surface area contributed by atoms with Crippen molar-refractivity contribution in [3.8, 4) is 5.75 Å². The molecule has 33 heavy (non-hydrogen) atoms. The number of nitrogens with one attached hydrogen (secondary N) is 2. The zero-order valence-electron chi connectivity index (χ0n) is 18.9. The minimum atomic E-state index is -0.632. The van der Waals surface area contributed by atoms with Crippen molar-refractivity contribution in [3.05, 3.63) is 41.8 Å². The number of morpholine rings is 1. The van der Waals surface area contributed by atoms with Crippen LogP contribution < -0.4 is 15.4 Å². The van der Waals surface area contributed by atoms with E-state index in [9.17, 15) is 9.90 Å². The summed E-state index contributed by atoms with van der Waals surface area (Å²) >= 11 is 0. The fourth-order valence-corrected chi connectivity index (χ4v) is 4.09. The van der Waals surface area contributed by atoms with Crippen molar-refractivity contribution < 1.29 is 28.6 Å². The number of hydrogen-bond acceptors (Lipinski definition) is 8. The summed E-state index contributed by atoms with van der Waals surface area (Å²) in [5.41, 5.74) is 1.45. The number of aliphatic hydroxyl groups is 1. The Morgan fingerprint density at radius 3 is 2.94 bits per heavy atom. The summed E-state index contributed by atoms with van der Waals surface area (Å²) in [6.45, 7) is 4.18. The van der Waals surface area contributed by atoms with Gasteiger partial charge in [0.1, 0.15) is 11.9 Å². The molecule has 0 aliphatic carbocycles. The average Bonchev–Trinajstić information content (AvgIpc) is 3.26. The predicted octanol–water partition coefficient (Wildman–Crippen LogP) is 1.79. The molecular weight excluding hydrogens is 428 g/mol. The summed E-state index contributed by atoms with van der Waals surface area (Å²) in [7, 11) is 1.57. The molecule has 4 rings (SSSR count). The number of rotatable bonds is 8. The number of nitrogens with zero attached hydrogens (tertiary/aromatic N) is 2. The number of methoxy groups -OCH3 is 1. The van der Waals surface area contributed by atoms with Gasteiger partial charge >= 0.3 is 6.03 Å². The van der Waals surface area contributed by atoms with Crippen LogP contribution in [0.3, 0.4) is 0 Å². The molecule has 3 heterocycles. The molecule has 0 saturated carbocycles. The lowest BCUT2D eigenvalue weighted by molar-refractivity contribution is -0.113. The molecule has 2 saturated heterocycles. The van der Waals surface area contributed by atoms with E-state index in [0.717, 1.165) is 50.7 Å². The first kappa shape index (κ1) is 23.5. The molecule has 3 atom stereocenters. The third kappa shape index (κ3) is 6.91. The summed E-state index contributed by atoms with van der Waals surface area (Å²) in [5, 5.41) is 20.1. The van der Waals surface area contributed by atoms with Crippen LogP contribution in [0.4, 0.5) is 10.5 Å². The van der Waals surface area contributed by atoms with Gasteiger partial charge in [-0.2, -0.15) is 0 Å². The SMILES string of the molecule is COc1cccc(NC(=O)NC[C@H]2O[C@H](Cc3cc(CN4CCOCC4)on3)CC[C@@H]2O)c1. The zero-order chi connectivity index (χ0) is 23.0. The van der Waals surface area contributed by atoms with E-state index in [2.05, 4.69) is 20.7 Å². The van der Waals surface area contributed by atoms with E-state index in [0.29, 0.717) is 24.3 Å². The topological polar surface area (TPSA) is 118 Å². The first-order chi connectivity index (χ1) is 16.1. The van der Waals surface area contributed by atoms with Crippen LogP contribution in [0.1, 0.15) is 24.3 Å². The van der Waals surface area contributed by atoms with Crippen LogP contribution in [0, 0.1) is 0 Å². The molecule has 180 valence electrons. The van der Waals surface area contributed by atoms with E-state index in [1.165, 1.54) is 0 Å². The Bertz CT molecular complexity index is 901. The van der Waals surface area contributed by atoms with Crippen LogP contribution in [0.15, 0.2) is 34.9 Å². The minimum absolute atomic E-state index is 0.0945. The smallest absolute Gasteiger partial charge is 0.319 e. The van der Waals surface area contributed by atoms with Crippen LogP contribution in [0.2, 0.25) is 0 Å². The number of benzene rings is 1. The molecule has 0 spiro atoms. The molecule has 10 heteroatoms. The normalized spacial score (nSPS) is 23.8. The number of aromatic nitrogens is 1. The number of urea groups is 1. The van der Waals surface area contributed by atoms with Gasteiger partial charge in [-0.05, 0) is 25.0 Å². The van der Waals surface area contributed by atoms with Crippen molar-refractivity contribution >= 4 is 11.7 Å². The monoisotopic (exact) mass is 460 g/mol. The van der Waals surface area contributed by atoms with E-state index in [1.807, 2.05) is 6.07 Å². The van der Waals surface area contributed by atoms with Crippen molar-refractivity contribution in [1.82, 2.24) is 15.4 Å². The highest BCUT2D eigenvalue weighted by molar-refractivity contribution is 5.89. The molecule has 1 aromatic heterocycles. The molecule has 1 aromatic carbocycles. The summed E-state index contributed by atoms with van der Waals surface area (Å²) in [6.07, 6.45) is 0.716. The van der Waals surface area contributed by atoms with Gasteiger partial charge in [-0.25, -0.2) is 4.79 Å². The fourth-order valence-electron chi connectivity index (χ4n) is 4.09. The molecule has 0 radical (unpaired) electrons. The third-order valence-electron chi connectivity index (χ3n) is 5.90. The van der Waals surface area contributed by atoms with Gasteiger partial charge in [-0.15, -0.1) is 0 Å². The lowest BCUT2D eigenvalue weighted by Crippen LogP contribution is -2.47. The lowest BCUT2D eigenvalue weighted by Gasteiger charge is -2.33. The highest BCUT2D eigenvalue weighted by atomic mass is 16.5. The predicted molar refractivity (Wildman–Crippen MR) is 120 cm³/mol. The molecule has 3 N–H and O–H groups in total. The number of aliphatic hydroxyl groups excluding tert-OH is 1. The molecule has 2 aromatic rings. The van der Waals surface area contributed by atoms with Gasteiger partial charge in [-0.1, -0.05) is 11.2 Å². The number of carbonyl (C=O) groups excluding carboxylic acids is 1. The van der Waals surface area contributed by atoms with Crippen LogP contribution in [-0.2, 0) is 22.4 Å². The van der Waals surface area contributed by atoms with Gasteiger partial charge in [0.05, 0.1) is 44.8 Å². The molecule has 2 aliphatic heterocycles. The van der Waals surface area contributed by atoms with Crippen LogP contribution in [-0.4, -0.2) is 79.5 Å². The summed E-state index contributed by atoms with van der Waals surface area (Å²) in [5.74, 6) is 1.48. The Morgan fingerprint density at radius 2 is 2.12 bits per heavy atom. The summed E-state index contributed by atoms with van der Waals surface area (Å²) in [6, 6.07) is 8.70. The Balaban J connectivity index is 1.23. The zero-order valence-corrected chi connectivity index (χ0v) is 18.9. The van der Waals surface area contributed by atoms with Gasteiger partial charge in [0.2, 0.25) is 0 Å². The van der Waals surface area contributed by atoms with Gasteiger partial charge in [-0.3, -0.25) is 4.90 Å². The fraction of sp³-hybridized carbons (Fsp3) is 0.565. The summed E-state index contributed by atoms with van der Waals surface area (Å²) in [4.78, 5) is 14.5. The first-order valence-corrected chi connectivity index (χ1v) is 11.4. The maximum absolute atomic E-state index is 12.3. The van der Waals surface area contributed by atoms with Crippen molar-refractivity contribution in [2.45, 2.75) is 44.1 Å². The Morgan fingerprint density at radius 1 is 1.27 bits per heavy atom. The van der Waals surface area contributed by atoms with E-state index in [4.69, 9.17) is 18.7 Å². The number of amides is 2. The van der Waals surface area contributed by atoms with E-state index < -0.39 is 12.2 Å². The molecule has 2 fully saturated rings. The highest BCUT2D eigenvalue weighted by Crippen LogP contribution is 2.23. The summed E-state index contributed by atoms with van der Waals surface area (Å²) < 4.78 is 22.1. The molecule has 2 aliphatic rings. The maximum Gasteiger partial charge on any atom is 0.319 e. The van der Waals surface area contributed by atoms with E-state index >= 15 is 0 Å². The second-order valence-electron chi connectivity index (χ2n) is 8.39. The van der Waals surface area contributed by atoms with Gasteiger partial charge in [0.15, 0.2) is 5.76 Å². The van der Waals surface area contributed by atoms with Crippen molar-refractivity contribution in [1.29, 1.82) is 0 Å². The first-order valence-electron chi connectivity index (χ1n) is 11.4. The number of ether oxygens (including phenoxy) is 3. The lowest BCUT2D eigenvalue weighted by atomic mass is 9.98. The molecule has 0 unspecified atom stereocenters. The van der Waals surface area contributed by atoms with Crippen molar-refractivity contribution in [2.75, 3.05) is 45.3 Å². The molecule has 10 nitrogen and oxygen atoms in total. The molecule has 2 amide bonds. The molecule has 0 bridgehead atoms. The van der Waals surface area contributed by atoms with Gasteiger partial charge in [0.25, 0.3) is 0 Å². The number of carbonyl (C=O) groups is 1. The Kier molecular flexibility index (Phi) is 8.16. The van der Waals surface area contributed by atoms with Crippen LogP contribution >= 0.6 is 0 Å². The van der Waals surface area contributed by atoms with Gasteiger partial charge in [0, 0.05) is 43.9 Å². The Hall–Kier alpha value is -2.66. The standard InChI is InChI=1S/C23H32N4O6/c1-30-18-4-2-3-16(11-18)25-23(29)24-14-22-21(28)6-5-19(32-22)12-17-13-20(33-26-17)15-27-7-9-31-10-8-27/h2-4,11,13,19,21-22,28H,5-10,12,14-15H2,1H3,(H2,24,25,29)/t19-,21-,22+/m0/s1. The maximum atomic E-state index is 12.3. The van der Waals surface area contributed by atoms with E-state index in [1.54, 1.807) is 31.4 Å². The van der Waals surface area contributed by atoms with Gasteiger partial charge < -0.3 is 34.5 Å². The average molecular weight is 461 g/mol. The quantitative estimate of drug-likeness (QED) is 0.546. The number of anilines is 1. The van der Waals surface area contributed by atoms with Crippen molar-refractivity contribution in [3.63, 3.8) is 0 Å². The van der Waals surface area contributed by atoms with E-state index in [-0.39, 0.29) is 18.7 Å². The highest BCUT2D eigenvalue weighted by Gasteiger charge is 2.31. The third-order valence-corrected chi connectivity index (χ3v) is 5.90. The van der Waals surface area contributed by atoms with Crippen LogP contribution in [0.5, 0.6) is 5.75 Å². The second-order valence-corrected chi connectivity index (χ2v) is 8.39. The van der Waals surface area contributed by atoms with Crippen molar-refractivity contribution in [2.24, 2.45) is 0 Å². The largest absolute Gasteiger partial charge is 0.497 e. The second kappa shape index (κ2) is 11.5. The number of hydrogen-bond donors (Lipinski definition) is 3. The molecular formula is C23H32N4O6. The minimum Gasteiger partial charge on any atom is -0.497 e.